The van der Waals surface area contributed by atoms with Gasteiger partial charge in [-0.05, 0) is 146 Å². The van der Waals surface area contributed by atoms with Crippen molar-refractivity contribution in [2.45, 2.75) is 6.92 Å². The monoisotopic (exact) mass is 2770 g/mol. The number of hydrogen-bond donors (Lipinski definition) is 0. The number of hydrogen-bond acceptors (Lipinski definition) is 9. The quantitative estimate of drug-likeness (QED) is 0.0346. The van der Waals surface area contributed by atoms with Crippen LogP contribution in [0.3, 0.4) is 0 Å². The molecule has 0 aliphatic rings. The zero-order valence-electron chi connectivity index (χ0n) is 80.5. The van der Waals surface area contributed by atoms with Crippen molar-refractivity contribution in [1.29, 1.82) is 5.26 Å². The van der Waals surface area contributed by atoms with Gasteiger partial charge in [0.15, 0.2) is 17.7 Å². The molecule has 0 amide bonds. The van der Waals surface area contributed by atoms with Crippen LogP contribution in [0.25, 0.3) is 0 Å². The smallest absolute Gasteiger partial charge is 0.366 e. The molecule has 18 aromatic rings. The fraction of sp³-hybridized carbons (Fsp3) is 0.0320. The van der Waals surface area contributed by atoms with Gasteiger partial charge in [-0.15, -0.1) is 127 Å². The van der Waals surface area contributed by atoms with Crippen LogP contribution in [0.2, 0.25) is 0 Å². The number of halogens is 2. The maximum Gasteiger partial charge on any atom is 1.00 e. The van der Waals surface area contributed by atoms with Gasteiger partial charge >= 0.3 is 168 Å². The van der Waals surface area contributed by atoms with Crippen LogP contribution in [0.1, 0.15) is 40.3 Å². The maximum atomic E-state index is 8.49. The molecule has 0 spiro atoms. The van der Waals surface area contributed by atoms with Crippen LogP contribution in [-0.4, -0.2) is 17.7 Å². The molecule has 25 heteroatoms. The van der Waals surface area contributed by atoms with Gasteiger partial charge in [-0.3, -0.25) is 35.5 Å². The average Bonchev–Trinajstić information content (AvgIpc) is 0.820. The van der Waals surface area contributed by atoms with Gasteiger partial charge in [0, 0.05) is 6.92 Å². The fourth-order valence-corrected chi connectivity index (χ4v) is 36.7. The van der Waals surface area contributed by atoms with Crippen molar-refractivity contribution < 1.29 is 226 Å². The molecule has 0 radical (unpaired) electrons. The van der Waals surface area contributed by atoms with Gasteiger partial charge in [0.25, 0.3) is 0 Å². The Labute approximate surface area is 1010 Å². The molecule has 0 fully saturated rings. The van der Waals surface area contributed by atoms with Crippen molar-refractivity contribution in [1.82, 2.24) is 0 Å². The predicted octanol–water partition coefficient (Wildman–Crippen LogP) is 14.8. The van der Waals surface area contributed by atoms with Crippen molar-refractivity contribution in [3.05, 3.63) is 618 Å². The molecule has 0 N–H and O–H groups in total. The van der Waals surface area contributed by atoms with Crippen LogP contribution in [0.15, 0.2) is 546 Å². The van der Waals surface area contributed by atoms with Crippen LogP contribution < -0.4 is 101 Å². The fourth-order valence-electron chi connectivity index (χ4n) is 13.6. The first-order valence-corrected chi connectivity index (χ1v) is 57.2. The van der Waals surface area contributed by atoms with E-state index in [2.05, 4.69) is 400 Å². The van der Waals surface area contributed by atoms with E-state index in [1.54, 1.807) is 6.07 Å². The molecule has 0 aromatic heterocycles. The molecule has 784 valence electrons. The van der Waals surface area contributed by atoms with E-state index in [4.69, 9.17) is 81.1 Å². The molecule has 0 saturated carbocycles. The molecule has 9 nitrogen and oxygen atoms in total. The van der Waals surface area contributed by atoms with E-state index in [-0.39, 0.29) is 168 Å². The molecule has 0 atom stereocenters. The van der Waals surface area contributed by atoms with Crippen molar-refractivity contribution in [2.75, 3.05) is 17.7 Å². The van der Waals surface area contributed by atoms with Crippen molar-refractivity contribution in [3.8, 4) is 41.6 Å². The zero-order valence-corrected chi connectivity index (χ0v) is 98.8. The standard InChI is InChI=1S/3C25H22P2.6C8H5.C2H3N.6Ag.2ClHO4.2Cu/c3*1-5-13-22(14-6-1)26(23-15-7-2-8-16-23)21-27(24-17-9-3-10-18-24)25-19-11-4-12-20-25;6*1-2-8-6-4-3-5-7-8;1-2-3;;;;;;;2*2-1(3,4)5;;/h3*1-20H,21H2;6*3-7H;1H3;;;;;;;2*(H,2,3,4,5);;/q;;;6*-1;;6*+1;;;2*+1/p+4. The van der Waals surface area contributed by atoms with E-state index in [1.807, 2.05) is 182 Å². The van der Waals surface area contributed by atoms with Crippen LogP contribution >= 0.6 is 47.5 Å². The Kier molecular flexibility index (Phi) is 84.4. The first-order chi connectivity index (χ1) is 69.3. The minimum atomic E-state index is -4.94. The zero-order chi connectivity index (χ0) is 102. The Morgan fingerprint density at radius 2 is 0.227 bits per heavy atom. The number of benzene rings is 18. The van der Waals surface area contributed by atoms with Crippen molar-refractivity contribution >= 4 is 111 Å². The summed E-state index contributed by atoms with van der Waals surface area (Å²) in [6.07, 6.45) is 40.2. The summed E-state index contributed by atoms with van der Waals surface area (Å²) in [6.45, 7) is 1.43. The Morgan fingerprint density at radius 1 is 0.167 bits per heavy atom. The number of nitriles is 1. The molecule has 0 unspecified atom stereocenters. The summed E-state index contributed by atoms with van der Waals surface area (Å²) in [4.78, 5) is 0. The summed E-state index contributed by atoms with van der Waals surface area (Å²) in [7, 11) is -15.0. The molecule has 0 aliphatic carbocycles. The van der Waals surface area contributed by atoms with Crippen LogP contribution in [0, 0.1) is 106 Å². The Balaban J connectivity index is 0. The van der Waals surface area contributed by atoms with Crippen molar-refractivity contribution in [2.24, 2.45) is 0 Å². The molecule has 0 saturated heterocycles. The largest absolute Gasteiger partial charge is 1.00 e. The van der Waals surface area contributed by atoms with E-state index in [0.29, 0.717) is 0 Å². The Hall–Kier alpha value is -8.87. The van der Waals surface area contributed by atoms with E-state index in [9.17, 15) is 0 Å². The summed E-state index contributed by atoms with van der Waals surface area (Å²) < 4.78 is 67.9. The van der Waals surface area contributed by atoms with Gasteiger partial charge in [0.05, 0.1) is 6.07 Å². The Morgan fingerprint density at radius 3 is 0.280 bits per heavy atom. The van der Waals surface area contributed by atoms with E-state index >= 15 is 0 Å². The van der Waals surface area contributed by atoms with Gasteiger partial charge in [-0.25, -0.2) is 37.3 Å². The first-order valence-electron chi connectivity index (χ1n) is 44.5. The van der Waals surface area contributed by atoms with Crippen molar-refractivity contribution in [3.63, 3.8) is 0 Å². The minimum Gasteiger partial charge on any atom is -0.366 e. The van der Waals surface area contributed by atoms with Gasteiger partial charge in [0.2, 0.25) is 0 Å². The molecule has 0 aliphatic heterocycles. The second-order valence-corrected chi connectivity index (χ2v) is 48.1. The summed E-state index contributed by atoms with van der Waals surface area (Å²) >= 11 is 0. The van der Waals surface area contributed by atoms with E-state index in [1.165, 1.54) is 88.3 Å². The molecule has 0 bridgehead atoms. The topological polar surface area (TPSA) is 208 Å². The van der Waals surface area contributed by atoms with Gasteiger partial charge in [-0.1, -0.05) is 328 Å². The summed E-state index contributed by atoms with van der Waals surface area (Å²) in [5, 5.41) is 25.4. The second-order valence-electron chi connectivity index (χ2n) is 29.7. The molecular formula is C125H105Ag6Cl2Cu2NO8P6+6. The van der Waals surface area contributed by atoms with Gasteiger partial charge < -0.3 is 38.5 Å². The average molecular weight is 2780 g/mol. The third-order valence-corrected chi connectivity index (χ3v) is 40.9. The van der Waals surface area contributed by atoms with Gasteiger partial charge in [-0.2, -0.15) is 5.26 Å². The molecule has 150 heavy (non-hydrogen) atoms. The molecule has 0 heterocycles. The van der Waals surface area contributed by atoms with Crippen LogP contribution in [-0.2, 0) is 168 Å². The summed E-state index contributed by atoms with van der Waals surface area (Å²) in [6, 6.07) is 191. The minimum absolute atomic E-state index is 0. The first kappa shape index (κ1) is 143. The SMILES string of the molecule is CC#N.[Ag+].[Ag+].[Ag+].[Ag+].[Ag+].[Ag+].[C-]#Cc1ccccc1.[C-]#Cc1ccccc1.[C-]#Cc1ccccc1.[C-]#Cc1ccccc1.[C-]#Cc1ccccc1.[C-]#Cc1ccccc1.[Cu+].[Cu+].[O-][Cl+3]([O-])([O-])[O-].[O-][Cl+3]([O-])([O-])[O-].c1ccc([PH+](C[PH+](c2ccccc2)c2ccccc2)c2ccccc2)cc1.c1ccc([PH+](C[PH+](c2ccccc2)c2ccccc2)c2ccccc2)cc1.c1ccc([PH+](C[PH+](c2ccccc2)c2ccccc2)c2ccccc2)cc1. The van der Waals surface area contributed by atoms with Crippen LogP contribution in [0.5, 0.6) is 0 Å². The van der Waals surface area contributed by atoms with Crippen LogP contribution in [0.4, 0.5) is 0 Å². The second kappa shape index (κ2) is 88.4. The van der Waals surface area contributed by atoms with Gasteiger partial charge in [0.1, 0.15) is 111 Å². The molecule has 18 aromatic carbocycles. The maximum absolute atomic E-state index is 8.49. The summed E-state index contributed by atoms with van der Waals surface area (Å²) in [5.74, 6) is 17.4. The number of rotatable bonds is 18. The van der Waals surface area contributed by atoms with E-state index < -0.39 is 68.0 Å². The third kappa shape index (κ3) is 61.9. The molecule has 18 rings (SSSR count). The third-order valence-electron chi connectivity index (χ3n) is 20.0. The molecular weight excluding hydrogens is 2670 g/mol. The normalized spacial score (nSPS) is 9.33. The predicted molar refractivity (Wildman–Crippen MR) is 585 cm³/mol. The van der Waals surface area contributed by atoms with E-state index in [0.717, 1.165) is 33.4 Å². The Bertz CT molecular complexity index is 5440. The number of nitrogens with zero attached hydrogens (tertiary/aromatic N) is 1. The summed E-state index contributed by atoms with van der Waals surface area (Å²) in [5.41, 5.74) is 4.96.